The summed E-state index contributed by atoms with van der Waals surface area (Å²) in [6, 6.07) is 11.3. The molecule has 0 saturated carbocycles. The number of para-hydroxylation sites is 1. The van der Waals surface area contributed by atoms with Crippen LogP contribution in [0.3, 0.4) is 0 Å². The highest BCUT2D eigenvalue weighted by molar-refractivity contribution is 5.91. The van der Waals surface area contributed by atoms with Crippen LogP contribution < -0.4 is 5.32 Å². The van der Waals surface area contributed by atoms with Crippen LogP contribution in [0.4, 0.5) is 0 Å². The van der Waals surface area contributed by atoms with Crippen molar-refractivity contribution in [3.05, 3.63) is 53.6 Å². The molecule has 0 saturated heterocycles. The first-order valence-electron chi connectivity index (χ1n) is 7.33. The fourth-order valence-corrected chi connectivity index (χ4v) is 2.31. The van der Waals surface area contributed by atoms with Gasteiger partial charge in [0.15, 0.2) is 0 Å². The van der Waals surface area contributed by atoms with Gasteiger partial charge in [0.05, 0.1) is 12.2 Å². The molecule has 2 heterocycles. The SMILES string of the molecule is CC(C)Cc1cc(C(=O)NCc2cc3ccccc3o2)on1. The third kappa shape index (κ3) is 3.19. The number of nitrogens with zero attached hydrogens (tertiary/aromatic N) is 1. The van der Waals surface area contributed by atoms with Gasteiger partial charge in [-0.05, 0) is 24.5 Å². The van der Waals surface area contributed by atoms with Crippen molar-refractivity contribution in [2.24, 2.45) is 5.92 Å². The molecule has 3 aromatic rings. The first-order valence-corrected chi connectivity index (χ1v) is 7.33. The van der Waals surface area contributed by atoms with Gasteiger partial charge in [0.25, 0.3) is 5.91 Å². The first kappa shape index (κ1) is 14.4. The van der Waals surface area contributed by atoms with Gasteiger partial charge in [-0.2, -0.15) is 0 Å². The monoisotopic (exact) mass is 298 g/mol. The van der Waals surface area contributed by atoms with E-state index in [1.807, 2.05) is 30.3 Å². The molecule has 1 amide bonds. The molecule has 0 aliphatic carbocycles. The van der Waals surface area contributed by atoms with Crippen molar-refractivity contribution in [1.29, 1.82) is 0 Å². The van der Waals surface area contributed by atoms with E-state index >= 15 is 0 Å². The second kappa shape index (κ2) is 6.05. The highest BCUT2D eigenvalue weighted by Crippen LogP contribution is 2.18. The predicted octanol–water partition coefficient (Wildman–Crippen LogP) is 3.55. The van der Waals surface area contributed by atoms with E-state index in [0.717, 1.165) is 23.1 Å². The standard InChI is InChI=1S/C17H18N2O3/c1-11(2)7-13-9-16(22-19-13)17(20)18-10-14-8-12-5-3-4-6-15(12)21-14/h3-6,8-9,11H,7,10H2,1-2H3,(H,18,20). The Morgan fingerprint density at radius 2 is 2.09 bits per heavy atom. The number of rotatable bonds is 5. The van der Waals surface area contributed by atoms with Crippen molar-refractivity contribution >= 4 is 16.9 Å². The van der Waals surface area contributed by atoms with Crippen LogP contribution in [-0.2, 0) is 13.0 Å². The van der Waals surface area contributed by atoms with Gasteiger partial charge < -0.3 is 14.3 Å². The minimum atomic E-state index is -0.289. The Bertz CT molecular complexity index is 753. The molecule has 5 heteroatoms. The van der Waals surface area contributed by atoms with Gasteiger partial charge >= 0.3 is 0 Å². The Morgan fingerprint density at radius 1 is 1.27 bits per heavy atom. The van der Waals surface area contributed by atoms with Crippen LogP contribution in [0, 0.1) is 5.92 Å². The van der Waals surface area contributed by atoms with Gasteiger partial charge in [-0.1, -0.05) is 37.2 Å². The van der Waals surface area contributed by atoms with Crippen molar-refractivity contribution < 1.29 is 13.7 Å². The second-order valence-corrected chi connectivity index (χ2v) is 5.71. The topological polar surface area (TPSA) is 68.3 Å². The van der Waals surface area contributed by atoms with E-state index in [1.165, 1.54) is 0 Å². The maximum Gasteiger partial charge on any atom is 0.290 e. The highest BCUT2D eigenvalue weighted by atomic mass is 16.5. The lowest BCUT2D eigenvalue weighted by molar-refractivity contribution is 0.0911. The third-order valence-electron chi connectivity index (χ3n) is 3.30. The highest BCUT2D eigenvalue weighted by Gasteiger charge is 2.14. The molecule has 0 bridgehead atoms. The Balaban J connectivity index is 1.63. The smallest absolute Gasteiger partial charge is 0.290 e. The maximum absolute atomic E-state index is 12.0. The number of amides is 1. The van der Waals surface area contributed by atoms with Gasteiger partial charge in [-0.25, -0.2) is 0 Å². The quantitative estimate of drug-likeness (QED) is 0.782. The lowest BCUT2D eigenvalue weighted by Crippen LogP contribution is -2.21. The lowest BCUT2D eigenvalue weighted by Gasteiger charge is -1.99. The molecule has 0 unspecified atom stereocenters. The van der Waals surface area contributed by atoms with E-state index in [1.54, 1.807) is 6.07 Å². The summed E-state index contributed by atoms with van der Waals surface area (Å²) in [5.41, 5.74) is 1.61. The van der Waals surface area contributed by atoms with Crippen LogP contribution in [0.25, 0.3) is 11.0 Å². The van der Waals surface area contributed by atoms with Gasteiger partial charge in [-0.3, -0.25) is 4.79 Å². The van der Waals surface area contributed by atoms with Crippen molar-refractivity contribution in [2.75, 3.05) is 0 Å². The van der Waals surface area contributed by atoms with E-state index in [4.69, 9.17) is 8.94 Å². The number of carbonyl (C=O) groups is 1. The summed E-state index contributed by atoms with van der Waals surface area (Å²) in [4.78, 5) is 12.0. The van der Waals surface area contributed by atoms with Gasteiger partial charge in [-0.15, -0.1) is 0 Å². The molecule has 3 rings (SSSR count). The molecule has 0 aliphatic heterocycles. The van der Waals surface area contributed by atoms with Crippen molar-refractivity contribution in [1.82, 2.24) is 10.5 Å². The first-order chi connectivity index (χ1) is 10.6. The zero-order valence-corrected chi connectivity index (χ0v) is 12.6. The number of hydrogen-bond acceptors (Lipinski definition) is 4. The summed E-state index contributed by atoms with van der Waals surface area (Å²) in [6.45, 7) is 4.50. The number of carbonyl (C=O) groups excluding carboxylic acids is 1. The van der Waals surface area contributed by atoms with Crippen LogP contribution in [-0.4, -0.2) is 11.1 Å². The summed E-state index contributed by atoms with van der Waals surface area (Å²) in [5.74, 6) is 1.11. The third-order valence-corrected chi connectivity index (χ3v) is 3.30. The second-order valence-electron chi connectivity index (χ2n) is 5.71. The van der Waals surface area contributed by atoms with Crippen LogP contribution in [0.15, 0.2) is 45.3 Å². The molecule has 114 valence electrons. The maximum atomic E-state index is 12.0. The number of hydrogen-bond donors (Lipinski definition) is 1. The van der Waals surface area contributed by atoms with Crippen molar-refractivity contribution in [3.63, 3.8) is 0 Å². The fraction of sp³-hybridized carbons (Fsp3) is 0.294. The summed E-state index contributed by atoms with van der Waals surface area (Å²) >= 11 is 0. The average molecular weight is 298 g/mol. The molecule has 5 nitrogen and oxygen atoms in total. The van der Waals surface area contributed by atoms with Crippen LogP contribution in [0.1, 0.15) is 35.9 Å². The van der Waals surface area contributed by atoms with Gasteiger partial charge in [0.2, 0.25) is 5.76 Å². The molecule has 0 spiro atoms. The Labute approximate surface area is 128 Å². The Hall–Kier alpha value is -2.56. The van der Waals surface area contributed by atoms with Gasteiger partial charge in [0.1, 0.15) is 11.3 Å². The summed E-state index contributed by atoms with van der Waals surface area (Å²) in [5, 5.41) is 7.70. The number of furan rings is 1. The molecular formula is C17H18N2O3. The zero-order chi connectivity index (χ0) is 15.5. The molecule has 0 radical (unpaired) electrons. The molecule has 0 aliphatic rings. The molecule has 22 heavy (non-hydrogen) atoms. The number of benzene rings is 1. The molecule has 0 fully saturated rings. The minimum absolute atomic E-state index is 0.228. The number of fused-ring (bicyclic) bond motifs is 1. The van der Waals surface area contributed by atoms with Crippen LogP contribution in [0.2, 0.25) is 0 Å². The van der Waals surface area contributed by atoms with E-state index in [9.17, 15) is 4.79 Å². The summed E-state index contributed by atoms with van der Waals surface area (Å²) in [6.07, 6.45) is 0.792. The fourth-order valence-electron chi connectivity index (χ4n) is 2.31. The predicted molar refractivity (Wildman–Crippen MR) is 82.4 cm³/mol. The Kier molecular flexibility index (Phi) is 3.96. The number of aromatic nitrogens is 1. The summed E-state index contributed by atoms with van der Waals surface area (Å²) < 4.78 is 10.7. The molecule has 1 aromatic carbocycles. The molecule has 0 atom stereocenters. The normalized spacial score (nSPS) is 11.2. The largest absolute Gasteiger partial charge is 0.459 e. The number of nitrogens with one attached hydrogen (secondary N) is 1. The van der Waals surface area contributed by atoms with E-state index in [-0.39, 0.29) is 11.7 Å². The van der Waals surface area contributed by atoms with Crippen molar-refractivity contribution in [2.45, 2.75) is 26.8 Å². The van der Waals surface area contributed by atoms with Crippen LogP contribution in [0.5, 0.6) is 0 Å². The lowest BCUT2D eigenvalue weighted by atomic mass is 10.1. The average Bonchev–Trinajstić information content (AvgIpc) is 3.10. The zero-order valence-electron chi connectivity index (χ0n) is 12.6. The minimum Gasteiger partial charge on any atom is -0.459 e. The van der Waals surface area contributed by atoms with E-state index in [0.29, 0.717) is 18.2 Å². The van der Waals surface area contributed by atoms with Crippen LogP contribution >= 0.6 is 0 Å². The van der Waals surface area contributed by atoms with Crippen molar-refractivity contribution in [3.8, 4) is 0 Å². The Morgan fingerprint density at radius 3 is 2.86 bits per heavy atom. The van der Waals surface area contributed by atoms with E-state index in [2.05, 4.69) is 24.3 Å². The summed E-state index contributed by atoms with van der Waals surface area (Å²) in [7, 11) is 0. The van der Waals surface area contributed by atoms with E-state index < -0.39 is 0 Å². The molecule has 2 aromatic heterocycles. The molecule has 1 N–H and O–H groups in total. The molecular weight excluding hydrogens is 280 g/mol. The van der Waals surface area contributed by atoms with Gasteiger partial charge in [0, 0.05) is 11.5 Å².